The highest BCUT2D eigenvalue weighted by atomic mass is 31.2. The Morgan fingerprint density at radius 3 is 1.34 bits per heavy atom. The maximum absolute atomic E-state index is 12.8. The summed E-state index contributed by atoms with van der Waals surface area (Å²) in [5.74, 6) is 3.76. The van der Waals surface area contributed by atoms with Crippen molar-refractivity contribution in [2.24, 2.45) is 0 Å². The lowest BCUT2D eigenvalue weighted by Gasteiger charge is -2.20. The number of unbranched alkanes of at least 4 members (excludes halogenated alkanes) is 16. The van der Waals surface area contributed by atoms with Crippen LogP contribution in [0.4, 0.5) is 0 Å². The van der Waals surface area contributed by atoms with Crippen LogP contribution in [0.3, 0.4) is 0 Å². The first-order chi connectivity index (χ1) is 29.3. The van der Waals surface area contributed by atoms with Crippen molar-refractivity contribution < 1.29 is 46.4 Å². The molecule has 2 aromatic heterocycles. The van der Waals surface area contributed by atoms with Crippen LogP contribution in [0, 0.1) is 27.7 Å². The number of rotatable bonds is 38. The molecular weight excluding hydrogens is 794 g/mol. The van der Waals surface area contributed by atoms with Gasteiger partial charge in [0, 0.05) is 45.1 Å². The number of hydrogen-bond acceptors (Lipinski definition) is 10. The smallest absolute Gasteiger partial charge is 0.466 e. The molecule has 0 aliphatic rings. The molecule has 2 atom stereocenters. The van der Waals surface area contributed by atoms with Gasteiger partial charge in [0.25, 0.3) is 0 Å². The third-order valence-electron chi connectivity index (χ3n) is 11.8. The van der Waals surface area contributed by atoms with E-state index in [9.17, 15) is 19.0 Å². The van der Waals surface area contributed by atoms with Gasteiger partial charge in [-0.25, -0.2) is 4.57 Å². The Bertz CT molecular complexity index is 1530. The molecule has 0 fully saturated rings. The Kier molecular flexibility index (Phi) is 28.9. The van der Waals surface area contributed by atoms with E-state index in [1.807, 2.05) is 19.0 Å². The Balaban J connectivity index is 1.65. The van der Waals surface area contributed by atoms with Gasteiger partial charge in [0.05, 0.1) is 13.2 Å². The maximum atomic E-state index is 12.8. The number of likely N-dealkylation sites (N-methyl/N-ethyl adjacent to an activating group) is 1. The van der Waals surface area contributed by atoms with E-state index in [2.05, 4.69) is 41.5 Å². The predicted octanol–water partition coefficient (Wildman–Crippen LogP) is 12.7. The van der Waals surface area contributed by atoms with Gasteiger partial charge in [-0.2, -0.15) is 0 Å². The quantitative estimate of drug-likeness (QED) is 0.0392. The Hall–Kier alpha value is -2.43. The number of esters is 2. The maximum Gasteiger partial charge on any atom is 0.472 e. The predicted molar refractivity (Wildman–Crippen MR) is 245 cm³/mol. The molecular formula is C49H86NO10P. The van der Waals surface area contributed by atoms with E-state index in [1.54, 1.807) is 0 Å². The van der Waals surface area contributed by atoms with E-state index in [0.29, 0.717) is 19.4 Å². The first kappa shape index (κ1) is 54.7. The number of hydrogen-bond donors (Lipinski definition) is 1. The zero-order chi connectivity index (χ0) is 44.9. The van der Waals surface area contributed by atoms with Crippen LogP contribution in [-0.4, -0.2) is 68.3 Å². The zero-order valence-corrected chi connectivity index (χ0v) is 40.7. The highest BCUT2D eigenvalue weighted by Gasteiger charge is 2.26. The summed E-state index contributed by atoms with van der Waals surface area (Å²) in [7, 11) is -0.750. The molecule has 12 heteroatoms. The van der Waals surface area contributed by atoms with Gasteiger partial charge in [0.15, 0.2) is 6.10 Å². The van der Waals surface area contributed by atoms with Crippen LogP contribution in [0.15, 0.2) is 8.83 Å². The third kappa shape index (κ3) is 24.3. The fourth-order valence-electron chi connectivity index (χ4n) is 7.52. The summed E-state index contributed by atoms with van der Waals surface area (Å²) >= 11 is 0. The summed E-state index contributed by atoms with van der Waals surface area (Å²) in [5, 5.41) is 0. The van der Waals surface area contributed by atoms with Crippen LogP contribution in [0.2, 0.25) is 0 Å². The second kappa shape index (κ2) is 32.3. The van der Waals surface area contributed by atoms with Crippen molar-refractivity contribution in [2.45, 2.75) is 215 Å². The van der Waals surface area contributed by atoms with Gasteiger partial charge in [-0.15, -0.1) is 0 Å². The molecule has 0 radical (unpaired) electrons. The lowest BCUT2D eigenvalue weighted by Crippen LogP contribution is -2.29. The summed E-state index contributed by atoms with van der Waals surface area (Å²) in [6.07, 6.45) is 25.1. The second-order valence-corrected chi connectivity index (χ2v) is 18.9. The number of phosphoric acid groups is 1. The molecule has 1 unspecified atom stereocenters. The molecule has 0 spiro atoms. The number of carbonyl (C=O) groups excluding carboxylic acids is 2. The lowest BCUT2D eigenvalue weighted by molar-refractivity contribution is -0.161. The highest BCUT2D eigenvalue weighted by molar-refractivity contribution is 7.47. The van der Waals surface area contributed by atoms with E-state index in [1.165, 1.54) is 85.8 Å². The number of ether oxygens (including phenoxy) is 2. The van der Waals surface area contributed by atoms with E-state index in [0.717, 1.165) is 101 Å². The van der Waals surface area contributed by atoms with Crippen molar-refractivity contribution >= 4 is 19.8 Å². The van der Waals surface area contributed by atoms with Crippen LogP contribution in [0.5, 0.6) is 0 Å². The summed E-state index contributed by atoms with van der Waals surface area (Å²) in [6, 6.07) is 0. The van der Waals surface area contributed by atoms with Crippen molar-refractivity contribution in [2.75, 3.05) is 40.5 Å². The molecule has 11 nitrogen and oxygen atoms in total. The normalized spacial score (nSPS) is 13.2. The first-order valence-corrected chi connectivity index (χ1v) is 25.5. The van der Waals surface area contributed by atoms with E-state index < -0.39 is 32.5 Å². The molecule has 0 aliphatic carbocycles. The van der Waals surface area contributed by atoms with Crippen molar-refractivity contribution in [1.82, 2.24) is 4.90 Å². The summed E-state index contributed by atoms with van der Waals surface area (Å²) in [4.78, 5) is 37.4. The molecule has 0 saturated heterocycles. The van der Waals surface area contributed by atoms with Crippen LogP contribution in [0.25, 0.3) is 0 Å². The van der Waals surface area contributed by atoms with Crippen molar-refractivity contribution in [3.05, 3.63) is 45.3 Å². The molecule has 0 saturated carbocycles. The summed E-state index contributed by atoms with van der Waals surface area (Å²) in [5.41, 5.74) is 5.26. The number of nitrogens with zero attached hydrogens (tertiary/aromatic N) is 1. The monoisotopic (exact) mass is 880 g/mol. The summed E-state index contributed by atoms with van der Waals surface area (Å²) in [6.45, 7) is 12.9. The highest BCUT2D eigenvalue weighted by Crippen LogP contribution is 2.43. The number of carbonyl (C=O) groups is 2. The number of furan rings is 2. The average Bonchev–Trinajstić information content (AvgIpc) is 3.65. The molecule has 0 bridgehead atoms. The SMILES string of the molecule is CCCCCc1oc(CCCCCCCCCCC(=O)OC[C@H](COP(=O)(O)OCCN(C)C)OC(=O)CCCCCCCCc2oc(CCCCC)c(C)c2C)c(C)c1C. The van der Waals surface area contributed by atoms with Gasteiger partial charge < -0.3 is 28.1 Å². The molecule has 0 aliphatic heterocycles. The van der Waals surface area contributed by atoms with E-state index in [4.69, 9.17) is 27.4 Å². The average molecular weight is 880 g/mol. The molecule has 0 amide bonds. The molecule has 2 aromatic rings. The second-order valence-electron chi connectivity index (χ2n) is 17.5. The standard InChI is InChI=1S/C49H86NO10P/c1-9-11-23-29-44-39(3)41(5)46(59-44)31-25-19-15-13-14-16-21-27-33-48(51)55-37-43(38-57-61(53,54)56-36-35-50(7)8)58-49(52)34-28-22-18-17-20-26-32-47-42(6)40(4)45(60-47)30-24-12-10-2/h43H,9-38H2,1-8H3,(H,53,54)/t43-/m1/s1. The topological polar surface area (TPSA) is 138 Å². The van der Waals surface area contributed by atoms with Gasteiger partial charge in [-0.05, 0) is 103 Å². The molecule has 0 aromatic carbocycles. The lowest BCUT2D eigenvalue weighted by atomic mass is 10.0. The minimum atomic E-state index is -4.39. The van der Waals surface area contributed by atoms with Gasteiger partial charge in [0.2, 0.25) is 0 Å². The molecule has 1 N–H and O–H groups in total. The third-order valence-corrected chi connectivity index (χ3v) is 12.8. The minimum Gasteiger partial charge on any atom is -0.466 e. The summed E-state index contributed by atoms with van der Waals surface area (Å²) < 4.78 is 46.2. The van der Waals surface area contributed by atoms with E-state index >= 15 is 0 Å². The first-order valence-electron chi connectivity index (χ1n) is 24.0. The van der Waals surface area contributed by atoms with E-state index in [-0.39, 0.29) is 26.1 Å². The van der Waals surface area contributed by atoms with Crippen molar-refractivity contribution in [1.29, 1.82) is 0 Å². The molecule has 2 heterocycles. The molecule has 352 valence electrons. The van der Waals surface area contributed by atoms with Crippen LogP contribution in [0.1, 0.15) is 200 Å². The largest absolute Gasteiger partial charge is 0.472 e. The minimum absolute atomic E-state index is 0.00627. The molecule has 61 heavy (non-hydrogen) atoms. The van der Waals surface area contributed by atoms with Gasteiger partial charge >= 0.3 is 19.8 Å². The van der Waals surface area contributed by atoms with Gasteiger partial charge in [-0.1, -0.05) is 104 Å². The zero-order valence-electron chi connectivity index (χ0n) is 39.8. The van der Waals surface area contributed by atoms with Gasteiger partial charge in [-0.3, -0.25) is 18.6 Å². The Morgan fingerprint density at radius 1 is 0.557 bits per heavy atom. The van der Waals surface area contributed by atoms with Gasteiger partial charge in [0.1, 0.15) is 29.6 Å². The Morgan fingerprint density at radius 2 is 0.934 bits per heavy atom. The van der Waals surface area contributed by atoms with Crippen LogP contribution in [-0.2, 0) is 58.4 Å². The van der Waals surface area contributed by atoms with Crippen LogP contribution < -0.4 is 0 Å². The van der Waals surface area contributed by atoms with Crippen molar-refractivity contribution in [3.63, 3.8) is 0 Å². The number of aryl methyl sites for hydroxylation is 4. The Labute approximate surface area is 370 Å². The van der Waals surface area contributed by atoms with Crippen LogP contribution >= 0.6 is 7.82 Å². The fraction of sp³-hybridized carbons (Fsp3) is 0.796. The number of phosphoric ester groups is 1. The van der Waals surface area contributed by atoms with Crippen molar-refractivity contribution in [3.8, 4) is 0 Å². The molecule has 2 rings (SSSR count). The fourth-order valence-corrected chi connectivity index (χ4v) is 8.26.